The minimum Gasteiger partial charge on any atom is -0.378 e. The van der Waals surface area contributed by atoms with Crippen molar-refractivity contribution >= 4 is 56.9 Å². The highest BCUT2D eigenvalue weighted by molar-refractivity contribution is 8.26. The summed E-state index contributed by atoms with van der Waals surface area (Å²) in [6, 6.07) is 7.93. The third-order valence-electron chi connectivity index (χ3n) is 5.44. The number of nitrogens with zero attached hydrogens (tertiary/aromatic N) is 3. The summed E-state index contributed by atoms with van der Waals surface area (Å²) in [5.41, 5.74) is 2.23. The van der Waals surface area contributed by atoms with Crippen molar-refractivity contribution in [3.8, 4) is 0 Å². The van der Waals surface area contributed by atoms with Crippen LogP contribution in [-0.4, -0.2) is 52.0 Å². The summed E-state index contributed by atoms with van der Waals surface area (Å²) in [4.78, 5) is 30.9. The maximum absolute atomic E-state index is 13.6. The summed E-state index contributed by atoms with van der Waals surface area (Å²) in [6.45, 7) is 9.02. The lowest BCUT2D eigenvalue weighted by atomic mass is 10.1. The normalized spacial score (nSPS) is 19.0. The van der Waals surface area contributed by atoms with E-state index in [0.29, 0.717) is 47.6 Å². The van der Waals surface area contributed by atoms with Gasteiger partial charge in [0.15, 0.2) is 0 Å². The maximum atomic E-state index is 13.6. The fourth-order valence-corrected chi connectivity index (χ4v) is 5.54. The van der Waals surface area contributed by atoms with E-state index < -0.39 is 0 Å². The first-order valence-corrected chi connectivity index (χ1v) is 11.4. The number of carbonyl (C=O) groups is 1. The Hall–Kier alpha value is -2.16. The van der Waals surface area contributed by atoms with Crippen molar-refractivity contribution in [1.82, 2.24) is 9.47 Å². The van der Waals surface area contributed by atoms with Crippen molar-refractivity contribution in [2.24, 2.45) is 0 Å². The van der Waals surface area contributed by atoms with Crippen LogP contribution in [0.5, 0.6) is 0 Å². The molecule has 4 rings (SSSR count). The summed E-state index contributed by atoms with van der Waals surface area (Å²) < 4.78 is 7.84. The molecule has 1 aromatic heterocycles. The van der Waals surface area contributed by atoms with Gasteiger partial charge in [0.25, 0.3) is 11.5 Å². The molecule has 2 aromatic rings. The van der Waals surface area contributed by atoms with Crippen LogP contribution in [0.3, 0.4) is 0 Å². The Morgan fingerprint density at radius 1 is 1.20 bits per heavy atom. The number of benzene rings is 1. The lowest BCUT2D eigenvalue weighted by Gasteiger charge is -2.31. The van der Waals surface area contributed by atoms with Gasteiger partial charge in [0.1, 0.15) is 4.32 Å². The molecule has 0 aliphatic carbocycles. The van der Waals surface area contributed by atoms with E-state index in [0.717, 1.165) is 16.6 Å². The third-order valence-corrected chi connectivity index (χ3v) is 6.77. The first kappa shape index (κ1) is 21.1. The van der Waals surface area contributed by atoms with Gasteiger partial charge in [0, 0.05) is 31.1 Å². The average Bonchev–Trinajstić information content (AvgIpc) is 3.02. The van der Waals surface area contributed by atoms with Crippen LogP contribution in [0.15, 0.2) is 34.0 Å². The number of aryl methyl sites for hydroxylation is 1. The maximum Gasteiger partial charge on any atom is 0.266 e. The molecule has 1 aromatic carbocycles. The molecule has 2 aliphatic rings. The van der Waals surface area contributed by atoms with Crippen LogP contribution in [0, 0.1) is 0 Å². The molecular weight excluding hydrogens is 418 g/mol. The molecule has 158 valence electrons. The number of amides is 1. The highest BCUT2D eigenvalue weighted by Crippen LogP contribution is 2.37. The number of hydrogen-bond acceptors (Lipinski definition) is 6. The highest BCUT2D eigenvalue weighted by Gasteiger charge is 2.34. The van der Waals surface area contributed by atoms with Crippen LogP contribution in [0.2, 0.25) is 0 Å². The molecule has 0 atom stereocenters. The second kappa shape index (κ2) is 8.53. The smallest absolute Gasteiger partial charge is 0.266 e. The fraction of sp³-hybridized carbons (Fsp3) is 0.409. The minimum atomic E-state index is -0.136. The molecule has 0 saturated carbocycles. The third kappa shape index (κ3) is 3.57. The summed E-state index contributed by atoms with van der Waals surface area (Å²) in [6.07, 6.45) is 1.74. The average molecular weight is 444 g/mol. The number of thiocarbonyl (C=S) groups is 1. The standard InChI is InChI=1S/C22H25N3O3S2/c1-4-24-17-8-6-5-7-15(17)19(23-9-11-28-12-10-23)16(20(24)26)13-18-21(27)25(14(2)3)22(29)30-18/h5-8,13-14H,4,9-12H2,1-3H3. The van der Waals surface area contributed by atoms with Crippen molar-refractivity contribution in [3.63, 3.8) is 0 Å². The summed E-state index contributed by atoms with van der Waals surface area (Å²) in [7, 11) is 0. The molecule has 6 nitrogen and oxygen atoms in total. The van der Waals surface area contributed by atoms with Gasteiger partial charge in [0.05, 0.1) is 34.9 Å². The Kier molecular flexibility index (Phi) is 5.99. The zero-order valence-corrected chi connectivity index (χ0v) is 19.0. The number of pyridine rings is 1. The van der Waals surface area contributed by atoms with E-state index in [1.54, 1.807) is 15.5 Å². The van der Waals surface area contributed by atoms with E-state index in [1.807, 2.05) is 45.0 Å². The lowest BCUT2D eigenvalue weighted by molar-refractivity contribution is -0.123. The van der Waals surface area contributed by atoms with E-state index in [4.69, 9.17) is 17.0 Å². The molecule has 1 amide bonds. The van der Waals surface area contributed by atoms with Crippen molar-refractivity contribution in [2.45, 2.75) is 33.4 Å². The number of morpholine rings is 1. The second-order valence-corrected chi connectivity index (χ2v) is 9.25. The van der Waals surface area contributed by atoms with Crippen LogP contribution in [0.1, 0.15) is 26.3 Å². The zero-order chi connectivity index (χ0) is 21.4. The molecule has 2 saturated heterocycles. The number of anilines is 1. The Bertz CT molecular complexity index is 1100. The number of carbonyl (C=O) groups excluding carboxylic acids is 1. The number of ether oxygens (including phenoxy) is 1. The molecule has 0 unspecified atom stereocenters. The van der Waals surface area contributed by atoms with Gasteiger partial charge in [-0.05, 0) is 32.9 Å². The molecule has 0 bridgehead atoms. The Morgan fingerprint density at radius 2 is 1.90 bits per heavy atom. The number of para-hydroxylation sites is 1. The van der Waals surface area contributed by atoms with E-state index in [1.165, 1.54) is 11.8 Å². The van der Waals surface area contributed by atoms with Crippen LogP contribution < -0.4 is 10.5 Å². The molecule has 30 heavy (non-hydrogen) atoms. The van der Waals surface area contributed by atoms with Gasteiger partial charge in [-0.15, -0.1) is 0 Å². The second-order valence-electron chi connectivity index (χ2n) is 7.57. The summed E-state index contributed by atoms with van der Waals surface area (Å²) in [5.74, 6) is -0.136. The van der Waals surface area contributed by atoms with Crippen molar-refractivity contribution in [1.29, 1.82) is 0 Å². The number of hydrogen-bond donors (Lipinski definition) is 0. The van der Waals surface area contributed by atoms with Gasteiger partial charge in [-0.3, -0.25) is 14.5 Å². The number of fused-ring (bicyclic) bond motifs is 1. The van der Waals surface area contributed by atoms with E-state index >= 15 is 0 Å². The van der Waals surface area contributed by atoms with E-state index in [9.17, 15) is 9.59 Å². The SMILES string of the molecule is CCn1c(=O)c(C=C2SC(=S)N(C(C)C)C2=O)c(N2CCOCC2)c2ccccc21. The predicted octanol–water partition coefficient (Wildman–Crippen LogP) is 3.47. The number of rotatable bonds is 4. The predicted molar refractivity (Wildman–Crippen MR) is 127 cm³/mol. The molecule has 2 fully saturated rings. The molecule has 0 N–H and O–H groups in total. The topological polar surface area (TPSA) is 54.8 Å². The van der Waals surface area contributed by atoms with Crippen LogP contribution in [-0.2, 0) is 16.1 Å². The molecule has 0 radical (unpaired) electrons. The molecule has 2 aliphatic heterocycles. The quantitative estimate of drug-likeness (QED) is 0.533. The molecular formula is C22H25N3O3S2. The summed E-state index contributed by atoms with van der Waals surface area (Å²) in [5, 5.41) is 1.01. The molecule has 8 heteroatoms. The van der Waals surface area contributed by atoms with Gasteiger partial charge in [0.2, 0.25) is 0 Å². The zero-order valence-electron chi connectivity index (χ0n) is 17.4. The molecule has 3 heterocycles. The monoisotopic (exact) mass is 443 g/mol. The van der Waals surface area contributed by atoms with Crippen molar-refractivity contribution in [3.05, 3.63) is 45.1 Å². The Balaban J connectivity index is 1.97. The lowest BCUT2D eigenvalue weighted by Crippen LogP contribution is -2.38. The van der Waals surface area contributed by atoms with Gasteiger partial charge < -0.3 is 14.2 Å². The van der Waals surface area contributed by atoms with Crippen LogP contribution >= 0.6 is 24.0 Å². The van der Waals surface area contributed by atoms with Crippen LogP contribution in [0.4, 0.5) is 5.69 Å². The first-order chi connectivity index (χ1) is 14.4. The van der Waals surface area contributed by atoms with Gasteiger partial charge in [-0.2, -0.15) is 0 Å². The minimum absolute atomic E-state index is 0.0222. The summed E-state index contributed by atoms with van der Waals surface area (Å²) >= 11 is 6.69. The number of aromatic nitrogens is 1. The largest absolute Gasteiger partial charge is 0.378 e. The van der Waals surface area contributed by atoms with Gasteiger partial charge in [-0.1, -0.05) is 42.2 Å². The molecule has 0 spiro atoms. The van der Waals surface area contributed by atoms with Crippen LogP contribution in [0.25, 0.3) is 17.0 Å². The number of thioether (sulfide) groups is 1. The highest BCUT2D eigenvalue weighted by atomic mass is 32.2. The van der Waals surface area contributed by atoms with Crippen molar-refractivity contribution in [2.75, 3.05) is 31.2 Å². The van der Waals surface area contributed by atoms with E-state index in [2.05, 4.69) is 4.90 Å². The first-order valence-electron chi connectivity index (χ1n) is 10.2. The fourth-order valence-electron chi connectivity index (χ4n) is 4.04. The van der Waals surface area contributed by atoms with Crippen molar-refractivity contribution < 1.29 is 9.53 Å². The van der Waals surface area contributed by atoms with Gasteiger partial charge in [-0.25, -0.2) is 0 Å². The Morgan fingerprint density at radius 3 is 2.53 bits per heavy atom. The van der Waals surface area contributed by atoms with E-state index in [-0.39, 0.29) is 17.5 Å². The van der Waals surface area contributed by atoms with Gasteiger partial charge >= 0.3 is 0 Å². The Labute approximate surface area is 185 Å².